The third kappa shape index (κ3) is 5.68. The molecule has 7 rings (SSSR count). The number of ether oxygens (including phenoxy) is 1. The Hall–Kier alpha value is -4.95. The second-order valence-corrected chi connectivity index (χ2v) is 15.1. The lowest BCUT2D eigenvalue weighted by Gasteiger charge is -2.24. The Bertz CT molecular complexity index is 2160. The van der Waals surface area contributed by atoms with Crippen LogP contribution in [-0.4, -0.2) is 12.6 Å². The first-order chi connectivity index (χ1) is 23.4. The molecular formula is C47H46O2. The molecule has 2 aliphatic carbocycles. The molecule has 2 nitrogen and oxygen atoms in total. The Kier molecular flexibility index (Phi) is 8.10. The fraction of sp³-hybridized carbons (Fsp3) is 0.255. The standard InChI is InChI=1S/C47H46O2/c1-29(2)33-16-20-37-39-22-18-35(27-43(39)46(5,6)41(37)25-33)36-19-23-40-38-21-17-34(26-42(38)47(7,8)44(40)28-36)32-14-12-31(13-15-32)11-9-10-24-49-45(48)30(3)4/h12-23,25-28H,1,3,9-11,24H2,2,4-8H3. The molecule has 2 heteroatoms. The van der Waals surface area contributed by atoms with Crippen molar-refractivity contribution in [2.75, 3.05) is 6.61 Å². The van der Waals surface area contributed by atoms with Crippen molar-refractivity contribution in [3.8, 4) is 44.5 Å². The van der Waals surface area contributed by atoms with E-state index < -0.39 is 0 Å². The van der Waals surface area contributed by atoms with Crippen molar-refractivity contribution < 1.29 is 9.53 Å². The van der Waals surface area contributed by atoms with Gasteiger partial charge in [0.15, 0.2) is 0 Å². The zero-order valence-corrected chi connectivity index (χ0v) is 29.8. The predicted molar refractivity (Wildman–Crippen MR) is 206 cm³/mol. The number of benzene rings is 5. The summed E-state index contributed by atoms with van der Waals surface area (Å²) in [5.41, 5.74) is 19.8. The van der Waals surface area contributed by atoms with Crippen LogP contribution in [0.3, 0.4) is 0 Å². The van der Waals surface area contributed by atoms with Crippen LogP contribution in [-0.2, 0) is 26.8 Å². The Balaban J connectivity index is 1.11. The van der Waals surface area contributed by atoms with E-state index in [4.69, 9.17) is 4.74 Å². The Morgan fingerprint density at radius 2 is 1.00 bits per heavy atom. The first-order valence-corrected chi connectivity index (χ1v) is 17.5. The highest BCUT2D eigenvalue weighted by atomic mass is 16.5. The number of hydrogen-bond acceptors (Lipinski definition) is 2. The lowest BCUT2D eigenvalue weighted by atomic mass is 9.79. The summed E-state index contributed by atoms with van der Waals surface area (Å²) in [4.78, 5) is 11.6. The largest absolute Gasteiger partial charge is 0.462 e. The Morgan fingerprint density at radius 1 is 0.571 bits per heavy atom. The SMILES string of the molecule is C=C(C)C(=O)OCCCCc1ccc(-c2ccc3c(c2)C(C)(C)c2cc(-c4ccc5c(c4)C(C)(C)c4cc(C(=C)C)ccc4-5)ccc2-3)cc1. The molecule has 0 N–H and O–H groups in total. The molecule has 0 bridgehead atoms. The Morgan fingerprint density at radius 3 is 1.47 bits per heavy atom. The van der Waals surface area contributed by atoms with E-state index in [1.807, 2.05) is 0 Å². The highest BCUT2D eigenvalue weighted by Gasteiger charge is 2.37. The fourth-order valence-electron chi connectivity index (χ4n) is 7.86. The van der Waals surface area contributed by atoms with Gasteiger partial charge in [0.1, 0.15) is 0 Å². The van der Waals surface area contributed by atoms with Gasteiger partial charge in [-0.1, -0.05) is 125 Å². The topological polar surface area (TPSA) is 26.3 Å². The molecule has 0 unspecified atom stereocenters. The van der Waals surface area contributed by atoms with Crippen LogP contribution in [0, 0.1) is 0 Å². The van der Waals surface area contributed by atoms with Gasteiger partial charge < -0.3 is 4.74 Å². The zero-order chi connectivity index (χ0) is 34.7. The van der Waals surface area contributed by atoms with Gasteiger partial charge in [-0.15, -0.1) is 0 Å². The average Bonchev–Trinajstić information content (AvgIpc) is 3.46. The van der Waals surface area contributed by atoms with E-state index in [-0.39, 0.29) is 16.8 Å². The van der Waals surface area contributed by atoms with Gasteiger partial charge in [0.05, 0.1) is 6.61 Å². The molecule has 2 aliphatic rings. The summed E-state index contributed by atoms with van der Waals surface area (Å²) in [6.07, 6.45) is 2.78. The molecule has 246 valence electrons. The van der Waals surface area contributed by atoms with E-state index in [0.717, 1.165) is 24.8 Å². The molecule has 0 spiro atoms. The van der Waals surface area contributed by atoms with E-state index in [2.05, 4.69) is 145 Å². The lowest BCUT2D eigenvalue weighted by Crippen LogP contribution is -2.15. The first-order valence-electron chi connectivity index (χ1n) is 17.5. The maximum absolute atomic E-state index is 11.6. The molecule has 0 aromatic heterocycles. The smallest absolute Gasteiger partial charge is 0.333 e. The number of unbranched alkanes of at least 4 members (excludes halogenated alkanes) is 1. The summed E-state index contributed by atoms with van der Waals surface area (Å²) in [7, 11) is 0. The molecular weight excluding hydrogens is 597 g/mol. The van der Waals surface area contributed by atoms with Gasteiger partial charge in [-0.3, -0.25) is 0 Å². The second kappa shape index (κ2) is 12.2. The minimum atomic E-state index is -0.307. The highest BCUT2D eigenvalue weighted by molar-refractivity contribution is 5.88. The van der Waals surface area contributed by atoms with E-state index in [0.29, 0.717) is 12.2 Å². The summed E-state index contributed by atoms with van der Waals surface area (Å²) in [6.45, 7) is 21.5. The van der Waals surface area contributed by atoms with Crippen molar-refractivity contribution in [2.24, 2.45) is 0 Å². The molecule has 0 atom stereocenters. The molecule has 5 aromatic rings. The van der Waals surface area contributed by atoms with Crippen molar-refractivity contribution >= 4 is 11.5 Å². The third-order valence-corrected chi connectivity index (χ3v) is 10.9. The van der Waals surface area contributed by atoms with Crippen molar-refractivity contribution in [3.63, 3.8) is 0 Å². The summed E-state index contributed by atoms with van der Waals surface area (Å²) >= 11 is 0. The number of carbonyl (C=O) groups excluding carboxylic acids is 1. The number of rotatable bonds is 9. The number of esters is 1. The number of fused-ring (bicyclic) bond motifs is 6. The van der Waals surface area contributed by atoms with Crippen LogP contribution in [0.15, 0.2) is 116 Å². The maximum atomic E-state index is 11.6. The van der Waals surface area contributed by atoms with Gasteiger partial charge in [0.25, 0.3) is 0 Å². The summed E-state index contributed by atoms with van der Waals surface area (Å²) in [6, 6.07) is 36.8. The van der Waals surface area contributed by atoms with Crippen molar-refractivity contribution in [3.05, 3.63) is 149 Å². The maximum Gasteiger partial charge on any atom is 0.333 e. The molecule has 0 amide bonds. The first kappa shape index (κ1) is 32.6. The van der Waals surface area contributed by atoms with E-state index in [9.17, 15) is 4.79 Å². The molecule has 0 fully saturated rings. The van der Waals surface area contributed by atoms with Crippen molar-refractivity contribution in [1.82, 2.24) is 0 Å². The summed E-state index contributed by atoms with van der Waals surface area (Å²) < 4.78 is 5.23. The van der Waals surface area contributed by atoms with Crippen LogP contribution in [0.1, 0.15) is 87.8 Å². The van der Waals surface area contributed by atoms with Gasteiger partial charge in [-0.2, -0.15) is 0 Å². The molecule has 0 heterocycles. The highest BCUT2D eigenvalue weighted by Crippen LogP contribution is 2.53. The molecule has 0 saturated carbocycles. The van der Waals surface area contributed by atoms with Gasteiger partial charge in [-0.25, -0.2) is 4.79 Å². The molecule has 0 aliphatic heterocycles. The minimum Gasteiger partial charge on any atom is -0.462 e. The van der Waals surface area contributed by atoms with E-state index in [1.54, 1.807) is 6.92 Å². The Labute approximate surface area is 292 Å². The van der Waals surface area contributed by atoms with Crippen LogP contribution in [0.4, 0.5) is 0 Å². The molecule has 49 heavy (non-hydrogen) atoms. The van der Waals surface area contributed by atoms with E-state index in [1.165, 1.54) is 77.9 Å². The quantitative estimate of drug-likeness (QED) is 0.0908. The summed E-state index contributed by atoms with van der Waals surface area (Å²) in [5, 5.41) is 0. The molecule has 0 saturated heterocycles. The third-order valence-electron chi connectivity index (χ3n) is 10.9. The minimum absolute atomic E-state index is 0.0753. The monoisotopic (exact) mass is 642 g/mol. The van der Waals surface area contributed by atoms with Crippen LogP contribution in [0.5, 0.6) is 0 Å². The number of carbonyl (C=O) groups is 1. The molecule has 0 radical (unpaired) electrons. The van der Waals surface area contributed by atoms with Gasteiger partial charge in [0, 0.05) is 16.4 Å². The summed E-state index contributed by atoms with van der Waals surface area (Å²) in [5.74, 6) is -0.307. The number of allylic oxidation sites excluding steroid dienone is 1. The van der Waals surface area contributed by atoms with Crippen LogP contribution in [0.25, 0.3) is 50.1 Å². The van der Waals surface area contributed by atoms with Gasteiger partial charge in [0.2, 0.25) is 0 Å². The normalized spacial score (nSPS) is 14.4. The van der Waals surface area contributed by atoms with Crippen molar-refractivity contribution in [1.29, 1.82) is 0 Å². The molecule has 5 aromatic carbocycles. The van der Waals surface area contributed by atoms with Crippen molar-refractivity contribution in [2.45, 2.75) is 71.6 Å². The lowest BCUT2D eigenvalue weighted by molar-refractivity contribution is -0.139. The zero-order valence-electron chi connectivity index (χ0n) is 29.8. The number of aryl methyl sites for hydroxylation is 1. The fourth-order valence-corrected chi connectivity index (χ4v) is 7.86. The van der Waals surface area contributed by atoms with Crippen LogP contribution >= 0.6 is 0 Å². The van der Waals surface area contributed by atoms with Gasteiger partial charge >= 0.3 is 5.97 Å². The van der Waals surface area contributed by atoms with E-state index >= 15 is 0 Å². The van der Waals surface area contributed by atoms with Crippen LogP contribution in [0.2, 0.25) is 0 Å². The van der Waals surface area contributed by atoms with Gasteiger partial charge in [-0.05, 0) is 129 Å². The predicted octanol–water partition coefficient (Wildman–Crippen LogP) is 12.1. The number of hydrogen-bond donors (Lipinski definition) is 0. The second-order valence-electron chi connectivity index (χ2n) is 15.1. The van der Waals surface area contributed by atoms with Crippen LogP contribution < -0.4 is 0 Å². The average molecular weight is 643 g/mol.